The number of benzene rings is 3. The van der Waals surface area contributed by atoms with E-state index in [1.54, 1.807) is 22.9 Å². The first-order chi connectivity index (χ1) is 19.4. The average molecular weight is 559 g/mol. The van der Waals surface area contributed by atoms with Crippen LogP contribution in [0.15, 0.2) is 89.2 Å². The molecule has 3 aromatic carbocycles. The van der Waals surface area contributed by atoms with E-state index in [1.807, 2.05) is 50.2 Å². The van der Waals surface area contributed by atoms with Gasteiger partial charge in [0.2, 0.25) is 11.1 Å². The van der Waals surface area contributed by atoms with E-state index in [0.29, 0.717) is 53.3 Å². The number of halogens is 1. The third-order valence-corrected chi connectivity index (χ3v) is 7.54. The van der Waals surface area contributed by atoms with E-state index in [0.717, 1.165) is 16.9 Å². The molecule has 0 bridgehead atoms. The number of ether oxygens (including phenoxy) is 2. The molecule has 9 heteroatoms. The number of rotatable bonds is 10. The van der Waals surface area contributed by atoms with Crippen molar-refractivity contribution in [2.45, 2.75) is 50.8 Å². The van der Waals surface area contributed by atoms with Crippen molar-refractivity contribution in [3.05, 3.63) is 112 Å². The molecular weight excluding hydrogens is 527 g/mol. The van der Waals surface area contributed by atoms with Crippen LogP contribution >= 0.6 is 11.8 Å². The van der Waals surface area contributed by atoms with Gasteiger partial charge in [-0.05, 0) is 60.7 Å². The third kappa shape index (κ3) is 6.04. The molecule has 0 fully saturated rings. The van der Waals surface area contributed by atoms with E-state index in [2.05, 4.69) is 29.4 Å². The lowest BCUT2D eigenvalue weighted by Gasteiger charge is -2.28. The molecule has 0 saturated carbocycles. The first-order valence-electron chi connectivity index (χ1n) is 13.2. The maximum atomic E-state index is 14.2. The second-order valence-corrected chi connectivity index (χ2v) is 10.5. The van der Waals surface area contributed by atoms with Gasteiger partial charge < -0.3 is 14.8 Å². The first-order valence-corrected chi connectivity index (χ1v) is 14.2. The van der Waals surface area contributed by atoms with Gasteiger partial charge in [-0.2, -0.15) is 4.98 Å². The highest BCUT2D eigenvalue weighted by Crippen LogP contribution is 2.37. The van der Waals surface area contributed by atoms with Gasteiger partial charge in [0, 0.05) is 11.4 Å². The number of hydrogen-bond acceptors (Lipinski definition) is 7. The SMILES string of the molecule is CCCOC(=O)C1=C(C)Nc2nc(SCc3ccccc3F)nn2C1c1ccc(OCc2ccccc2C)cc1. The van der Waals surface area contributed by atoms with Gasteiger partial charge in [0.15, 0.2) is 0 Å². The molecule has 1 atom stereocenters. The standard InChI is InChI=1S/C31H31FN4O3S/c1-4-17-38-29(37)27-21(3)33-30-34-31(40-19-24-11-7-8-12-26(24)32)35-36(30)28(27)22-13-15-25(16-14-22)39-18-23-10-6-5-9-20(23)2/h5-16,28H,4,17-19H2,1-3H3,(H,33,34,35). The maximum absolute atomic E-state index is 14.2. The number of nitrogens with one attached hydrogen (secondary N) is 1. The van der Waals surface area contributed by atoms with Crippen molar-refractivity contribution in [2.24, 2.45) is 0 Å². The van der Waals surface area contributed by atoms with Crippen molar-refractivity contribution < 1.29 is 18.7 Å². The quantitative estimate of drug-likeness (QED) is 0.169. The number of carbonyl (C=O) groups excluding carboxylic acids is 1. The van der Waals surface area contributed by atoms with E-state index in [4.69, 9.17) is 14.6 Å². The Hall–Kier alpha value is -4.11. The summed E-state index contributed by atoms with van der Waals surface area (Å²) in [5, 5.41) is 8.40. The number of anilines is 1. The summed E-state index contributed by atoms with van der Waals surface area (Å²) in [7, 11) is 0. The summed E-state index contributed by atoms with van der Waals surface area (Å²) in [6.07, 6.45) is 0.717. The van der Waals surface area contributed by atoms with Gasteiger partial charge in [-0.1, -0.05) is 73.3 Å². The number of carbonyl (C=O) groups is 1. The number of fused-ring (bicyclic) bond motifs is 1. The number of nitrogens with zero attached hydrogens (tertiary/aromatic N) is 3. The predicted octanol–water partition coefficient (Wildman–Crippen LogP) is 6.84. The molecule has 0 amide bonds. The molecule has 1 aliphatic heterocycles. The maximum Gasteiger partial charge on any atom is 0.338 e. The van der Waals surface area contributed by atoms with Gasteiger partial charge in [0.05, 0.1) is 12.2 Å². The number of thioether (sulfide) groups is 1. The number of hydrogen-bond donors (Lipinski definition) is 1. The van der Waals surface area contributed by atoms with Crippen LogP contribution < -0.4 is 10.1 Å². The second-order valence-electron chi connectivity index (χ2n) is 9.53. The summed E-state index contributed by atoms with van der Waals surface area (Å²) in [6, 6.07) is 21.9. The lowest BCUT2D eigenvalue weighted by atomic mass is 9.96. The van der Waals surface area contributed by atoms with Crippen LogP contribution in [0.3, 0.4) is 0 Å². The van der Waals surface area contributed by atoms with Crippen LogP contribution in [0.5, 0.6) is 5.75 Å². The average Bonchev–Trinajstić information content (AvgIpc) is 3.37. The monoisotopic (exact) mass is 558 g/mol. The highest BCUT2D eigenvalue weighted by atomic mass is 32.2. The minimum absolute atomic E-state index is 0.266. The molecule has 1 N–H and O–H groups in total. The molecule has 7 nitrogen and oxygen atoms in total. The molecule has 1 aromatic heterocycles. The predicted molar refractivity (Wildman–Crippen MR) is 154 cm³/mol. The van der Waals surface area contributed by atoms with E-state index >= 15 is 0 Å². The van der Waals surface area contributed by atoms with Crippen LogP contribution in [0.4, 0.5) is 10.3 Å². The van der Waals surface area contributed by atoms with Gasteiger partial charge in [-0.15, -0.1) is 5.10 Å². The van der Waals surface area contributed by atoms with Crippen LogP contribution in [0.25, 0.3) is 0 Å². The Bertz CT molecular complexity index is 1530. The Morgan fingerprint density at radius 3 is 2.48 bits per heavy atom. The first kappa shape index (κ1) is 27.5. The second kappa shape index (κ2) is 12.4. The van der Waals surface area contributed by atoms with Crippen LogP contribution in [0.2, 0.25) is 0 Å². The molecule has 0 aliphatic carbocycles. The minimum Gasteiger partial charge on any atom is -0.489 e. The van der Waals surface area contributed by atoms with Crippen molar-refractivity contribution >= 4 is 23.7 Å². The zero-order valence-corrected chi connectivity index (χ0v) is 23.5. The topological polar surface area (TPSA) is 78.3 Å². The van der Waals surface area contributed by atoms with Gasteiger partial charge in [0.1, 0.15) is 24.2 Å². The number of esters is 1. The summed E-state index contributed by atoms with van der Waals surface area (Å²) < 4.78 is 27.4. The van der Waals surface area contributed by atoms with Crippen molar-refractivity contribution in [1.82, 2.24) is 14.8 Å². The number of allylic oxidation sites excluding steroid dienone is 1. The molecule has 0 spiro atoms. The van der Waals surface area contributed by atoms with Gasteiger partial charge in [-0.25, -0.2) is 13.9 Å². The fraction of sp³-hybridized carbons (Fsp3) is 0.258. The van der Waals surface area contributed by atoms with Crippen molar-refractivity contribution in [3.8, 4) is 5.75 Å². The Morgan fingerprint density at radius 1 is 1.02 bits per heavy atom. The summed E-state index contributed by atoms with van der Waals surface area (Å²) in [5.41, 5.74) is 4.82. The lowest BCUT2D eigenvalue weighted by Crippen LogP contribution is -2.29. The van der Waals surface area contributed by atoms with E-state index in [9.17, 15) is 9.18 Å². The van der Waals surface area contributed by atoms with E-state index in [-0.39, 0.29) is 5.82 Å². The zero-order valence-electron chi connectivity index (χ0n) is 22.7. The molecule has 0 saturated heterocycles. The van der Waals surface area contributed by atoms with E-state index in [1.165, 1.54) is 23.4 Å². The fourth-order valence-electron chi connectivity index (χ4n) is 4.47. The van der Waals surface area contributed by atoms with E-state index < -0.39 is 12.0 Å². The van der Waals surface area contributed by atoms with Gasteiger partial charge >= 0.3 is 5.97 Å². The largest absolute Gasteiger partial charge is 0.489 e. The molecule has 5 rings (SSSR count). The lowest BCUT2D eigenvalue weighted by molar-refractivity contribution is -0.139. The Morgan fingerprint density at radius 2 is 1.75 bits per heavy atom. The zero-order chi connectivity index (χ0) is 28.1. The smallest absolute Gasteiger partial charge is 0.338 e. The third-order valence-electron chi connectivity index (χ3n) is 6.66. The molecule has 206 valence electrons. The van der Waals surface area contributed by atoms with Crippen molar-refractivity contribution in [1.29, 1.82) is 0 Å². The Labute approximate surface area is 237 Å². The summed E-state index contributed by atoms with van der Waals surface area (Å²) >= 11 is 1.33. The van der Waals surface area contributed by atoms with Crippen LogP contribution in [0, 0.1) is 12.7 Å². The number of aromatic nitrogens is 3. The molecular formula is C31H31FN4O3S. The minimum atomic E-state index is -0.554. The molecule has 4 aromatic rings. The molecule has 1 aliphatic rings. The Balaban J connectivity index is 1.42. The molecule has 2 heterocycles. The summed E-state index contributed by atoms with van der Waals surface area (Å²) in [6.45, 7) is 6.63. The van der Waals surface area contributed by atoms with Gasteiger partial charge in [-0.3, -0.25) is 0 Å². The van der Waals surface area contributed by atoms with Crippen LogP contribution in [-0.4, -0.2) is 27.3 Å². The fourth-order valence-corrected chi connectivity index (χ4v) is 5.29. The number of aryl methyl sites for hydroxylation is 1. The normalized spacial score (nSPS) is 14.4. The summed E-state index contributed by atoms with van der Waals surface area (Å²) in [4.78, 5) is 17.9. The van der Waals surface area contributed by atoms with Crippen molar-refractivity contribution in [2.75, 3.05) is 11.9 Å². The Kier molecular flexibility index (Phi) is 8.50. The van der Waals surface area contributed by atoms with Gasteiger partial charge in [0.25, 0.3) is 0 Å². The molecule has 40 heavy (non-hydrogen) atoms. The molecule has 1 unspecified atom stereocenters. The van der Waals surface area contributed by atoms with Crippen molar-refractivity contribution in [3.63, 3.8) is 0 Å². The van der Waals surface area contributed by atoms with Crippen LogP contribution in [0.1, 0.15) is 48.6 Å². The molecule has 0 radical (unpaired) electrons. The van der Waals surface area contributed by atoms with Crippen LogP contribution in [-0.2, 0) is 21.9 Å². The summed E-state index contributed by atoms with van der Waals surface area (Å²) in [5.74, 6) is 0.935. The highest BCUT2D eigenvalue weighted by Gasteiger charge is 2.35. The highest BCUT2D eigenvalue weighted by molar-refractivity contribution is 7.98.